The van der Waals surface area contributed by atoms with E-state index in [1.165, 1.54) is 12.1 Å². The minimum absolute atomic E-state index is 0.148. The third-order valence-corrected chi connectivity index (χ3v) is 5.49. The Labute approximate surface area is 152 Å². The van der Waals surface area contributed by atoms with Crippen molar-refractivity contribution in [3.63, 3.8) is 0 Å². The second kappa shape index (κ2) is 6.89. The second-order valence-corrected chi connectivity index (χ2v) is 7.20. The average molecular weight is 357 g/mol. The molecule has 1 aromatic carbocycles. The molecule has 138 valence electrons. The molecule has 0 aliphatic carbocycles. The minimum Gasteiger partial charge on any atom is -0.337 e. The van der Waals surface area contributed by atoms with Crippen LogP contribution in [-0.4, -0.2) is 71.0 Å². The Hall–Kier alpha value is -2.12. The SMILES string of the molecule is Cc1nc2cc(F)cc(C(=O)N3CCC(N4CCNCC4)C3)c2nc1C. The lowest BCUT2D eigenvalue weighted by Crippen LogP contribution is -2.49. The molecule has 6 nitrogen and oxygen atoms in total. The Morgan fingerprint density at radius 2 is 1.88 bits per heavy atom. The molecule has 2 aliphatic rings. The van der Waals surface area contributed by atoms with E-state index in [4.69, 9.17) is 0 Å². The lowest BCUT2D eigenvalue weighted by Gasteiger charge is -2.32. The third-order valence-electron chi connectivity index (χ3n) is 5.49. The summed E-state index contributed by atoms with van der Waals surface area (Å²) in [6.45, 7) is 9.10. The number of hydrogen-bond acceptors (Lipinski definition) is 5. The fourth-order valence-corrected chi connectivity index (χ4v) is 3.90. The zero-order valence-electron chi connectivity index (χ0n) is 15.3. The van der Waals surface area contributed by atoms with E-state index < -0.39 is 5.82 Å². The number of carbonyl (C=O) groups excluding carboxylic acids is 1. The number of hydrogen-bond donors (Lipinski definition) is 1. The lowest BCUT2D eigenvalue weighted by molar-refractivity contribution is 0.0774. The molecule has 1 unspecified atom stereocenters. The summed E-state index contributed by atoms with van der Waals surface area (Å²) in [6.07, 6.45) is 0.961. The number of benzene rings is 1. The van der Waals surface area contributed by atoms with Crippen molar-refractivity contribution in [2.45, 2.75) is 26.3 Å². The van der Waals surface area contributed by atoms with E-state index in [1.807, 2.05) is 18.7 Å². The van der Waals surface area contributed by atoms with Gasteiger partial charge < -0.3 is 10.2 Å². The van der Waals surface area contributed by atoms with Crippen molar-refractivity contribution in [2.75, 3.05) is 39.3 Å². The molecule has 0 spiro atoms. The lowest BCUT2D eigenvalue weighted by atomic mass is 10.1. The van der Waals surface area contributed by atoms with Crippen LogP contribution < -0.4 is 5.32 Å². The number of nitrogens with zero attached hydrogens (tertiary/aromatic N) is 4. The topological polar surface area (TPSA) is 61.4 Å². The number of fused-ring (bicyclic) bond motifs is 1. The zero-order chi connectivity index (χ0) is 18.3. The quantitative estimate of drug-likeness (QED) is 0.883. The van der Waals surface area contributed by atoms with Gasteiger partial charge in [0.25, 0.3) is 5.91 Å². The van der Waals surface area contributed by atoms with E-state index in [0.717, 1.165) is 44.0 Å². The van der Waals surface area contributed by atoms with Gasteiger partial charge in [-0.25, -0.2) is 14.4 Å². The van der Waals surface area contributed by atoms with E-state index in [9.17, 15) is 9.18 Å². The van der Waals surface area contributed by atoms with Crippen molar-refractivity contribution >= 4 is 16.9 Å². The molecule has 26 heavy (non-hydrogen) atoms. The number of rotatable bonds is 2. The highest BCUT2D eigenvalue weighted by Crippen LogP contribution is 2.24. The van der Waals surface area contributed by atoms with Crippen molar-refractivity contribution in [3.8, 4) is 0 Å². The van der Waals surface area contributed by atoms with Crippen LogP contribution in [0.25, 0.3) is 11.0 Å². The monoisotopic (exact) mass is 357 g/mol. The van der Waals surface area contributed by atoms with E-state index in [2.05, 4.69) is 20.2 Å². The number of piperazine rings is 1. The van der Waals surface area contributed by atoms with Gasteiger partial charge in [0, 0.05) is 51.4 Å². The predicted octanol–water partition coefficient (Wildman–Crippen LogP) is 1.51. The van der Waals surface area contributed by atoms with Gasteiger partial charge in [0.15, 0.2) is 0 Å². The number of amides is 1. The average Bonchev–Trinajstić information content (AvgIpc) is 3.13. The van der Waals surface area contributed by atoms with E-state index >= 15 is 0 Å². The number of aryl methyl sites for hydroxylation is 2. The number of halogens is 1. The van der Waals surface area contributed by atoms with Crippen LogP contribution in [0.15, 0.2) is 12.1 Å². The van der Waals surface area contributed by atoms with Crippen molar-refractivity contribution in [1.29, 1.82) is 0 Å². The molecule has 1 N–H and O–H groups in total. The van der Waals surface area contributed by atoms with Gasteiger partial charge in [-0.2, -0.15) is 0 Å². The molecule has 2 aromatic rings. The van der Waals surface area contributed by atoms with Gasteiger partial charge in [-0.05, 0) is 26.3 Å². The molecule has 2 aliphatic heterocycles. The van der Waals surface area contributed by atoms with Crippen molar-refractivity contribution < 1.29 is 9.18 Å². The first-order chi connectivity index (χ1) is 12.5. The molecule has 0 bridgehead atoms. The molecular formula is C19H24FN5O. The number of carbonyl (C=O) groups is 1. The van der Waals surface area contributed by atoms with Gasteiger partial charge in [0.05, 0.1) is 22.5 Å². The number of nitrogens with one attached hydrogen (secondary N) is 1. The van der Waals surface area contributed by atoms with Crippen LogP contribution in [0.4, 0.5) is 4.39 Å². The van der Waals surface area contributed by atoms with Crippen LogP contribution in [0.2, 0.25) is 0 Å². The van der Waals surface area contributed by atoms with Crippen LogP contribution in [0.5, 0.6) is 0 Å². The molecule has 2 fully saturated rings. The Morgan fingerprint density at radius 3 is 2.65 bits per heavy atom. The molecule has 2 saturated heterocycles. The van der Waals surface area contributed by atoms with Crippen molar-refractivity contribution in [2.24, 2.45) is 0 Å². The summed E-state index contributed by atoms with van der Waals surface area (Å²) in [5.41, 5.74) is 2.76. The highest BCUT2D eigenvalue weighted by atomic mass is 19.1. The largest absolute Gasteiger partial charge is 0.337 e. The summed E-state index contributed by atoms with van der Waals surface area (Å²) < 4.78 is 14.1. The van der Waals surface area contributed by atoms with E-state index in [1.54, 1.807) is 0 Å². The summed E-state index contributed by atoms with van der Waals surface area (Å²) in [7, 11) is 0. The fraction of sp³-hybridized carbons (Fsp3) is 0.526. The van der Waals surface area contributed by atoms with Gasteiger partial charge in [0.1, 0.15) is 11.3 Å². The van der Waals surface area contributed by atoms with Crippen LogP contribution in [0, 0.1) is 19.7 Å². The highest BCUT2D eigenvalue weighted by molar-refractivity contribution is 6.04. The molecule has 1 aromatic heterocycles. The molecule has 1 atom stereocenters. The van der Waals surface area contributed by atoms with E-state index in [-0.39, 0.29) is 5.91 Å². The maximum atomic E-state index is 14.1. The summed E-state index contributed by atoms with van der Waals surface area (Å²) >= 11 is 0. The number of aromatic nitrogens is 2. The van der Waals surface area contributed by atoms with Gasteiger partial charge in [0.2, 0.25) is 0 Å². The Morgan fingerprint density at radius 1 is 1.15 bits per heavy atom. The maximum Gasteiger partial charge on any atom is 0.256 e. The van der Waals surface area contributed by atoms with Crippen LogP contribution in [0.1, 0.15) is 28.2 Å². The zero-order valence-corrected chi connectivity index (χ0v) is 15.3. The number of likely N-dealkylation sites (tertiary alicyclic amines) is 1. The van der Waals surface area contributed by atoms with Crippen molar-refractivity contribution in [3.05, 3.63) is 34.9 Å². The first-order valence-electron chi connectivity index (χ1n) is 9.21. The molecule has 0 radical (unpaired) electrons. The Bertz CT molecular complexity index is 849. The smallest absolute Gasteiger partial charge is 0.256 e. The van der Waals surface area contributed by atoms with Gasteiger partial charge in [-0.3, -0.25) is 9.69 Å². The van der Waals surface area contributed by atoms with Gasteiger partial charge >= 0.3 is 0 Å². The normalized spacial score (nSPS) is 21.5. The fourth-order valence-electron chi connectivity index (χ4n) is 3.90. The summed E-state index contributed by atoms with van der Waals surface area (Å²) in [5, 5.41) is 3.36. The van der Waals surface area contributed by atoms with Gasteiger partial charge in [-0.1, -0.05) is 0 Å². The van der Waals surface area contributed by atoms with Crippen LogP contribution in [0.3, 0.4) is 0 Å². The molecule has 1 amide bonds. The molecule has 3 heterocycles. The molecule has 4 rings (SSSR count). The first kappa shape index (κ1) is 17.3. The van der Waals surface area contributed by atoms with Gasteiger partial charge in [-0.15, -0.1) is 0 Å². The molecule has 0 saturated carbocycles. The Kier molecular flexibility index (Phi) is 4.58. The highest BCUT2D eigenvalue weighted by Gasteiger charge is 2.32. The van der Waals surface area contributed by atoms with Crippen LogP contribution in [-0.2, 0) is 0 Å². The maximum absolute atomic E-state index is 14.1. The summed E-state index contributed by atoms with van der Waals surface area (Å²) in [5.74, 6) is -0.596. The minimum atomic E-state index is -0.448. The molecule has 7 heteroatoms. The second-order valence-electron chi connectivity index (χ2n) is 7.20. The summed E-state index contributed by atoms with van der Waals surface area (Å²) in [4.78, 5) is 26.3. The van der Waals surface area contributed by atoms with Crippen LogP contribution >= 0.6 is 0 Å². The first-order valence-corrected chi connectivity index (χ1v) is 9.21. The van der Waals surface area contributed by atoms with E-state index in [0.29, 0.717) is 35.7 Å². The molecular weight excluding hydrogens is 333 g/mol. The predicted molar refractivity (Wildman–Crippen MR) is 97.7 cm³/mol. The Balaban J connectivity index is 1.61. The van der Waals surface area contributed by atoms with Crippen molar-refractivity contribution in [1.82, 2.24) is 25.1 Å². The standard InChI is InChI=1S/C19H24FN5O/c1-12-13(2)23-18-16(9-14(20)10-17(18)22-12)19(26)25-6-3-15(11-25)24-7-4-21-5-8-24/h9-10,15,21H,3-8,11H2,1-2H3. The third kappa shape index (κ3) is 3.17. The summed E-state index contributed by atoms with van der Waals surface area (Å²) in [6, 6.07) is 3.03.